The Morgan fingerprint density at radius 3 is 2.43 bits per heavy atom. The van der Waals surface area contributed by atoms with Gasteiger partial charge in [-0.1, -0.05) is 31.4 Å². The number of nitrogens with one attached hydrogen (secondary N) is 1. The van der Waals surface area contributed by atoms with Gasteiger partial charge >= 0.3 is 5.97 Å². The van der Waals surface area contributed by atoms with Crippen molar-refractivity contribution in [2.75, 3.05) is 0 Å². The van der Waals surface area contributed by atoms with Crippen LogP contribution in [0.2, 0.25) is 0 Å². The molecule has 0 radical (unpaired) electrons. The maximum atomic E-state index is 12.1. The number of phenols is 1. The summed E-state index contributed by atoms with van der Waals surface area (Å²) >= 11 is 0. The fraction of sp³-hybridized carbons (Fsp3) is 0.500. The van der Waals surface area contributed by atoms with E-state index >= 15 is 0 Å². The van der Waals surface area contributed by atoms with Gasteiger partial charge in [-0.25, -0.2) is 0 Å². The van der Waals surface area contributed by atoms with Crippen molar-refractivity contribution in [3.05, 3.63) is 29.8 Å². The Labute approximate surface area is 124 Å². The van der Waals surface area contributed by atoms with Gasteiger partial charge < -0.3 is 15.5 Å². The fourth-order valence-corrected chi connectivity index (χ4v) is 2.83. The van der Waals surface area contributed by atoms with Crippen LogP contribution in [0.1, 0.15) is 37.7 Å². The molecule has 1 amide bonds. The van der Waals surface area contributed by atoms with Crippen LogP contribution in [0.3, 0.4) is 0 Å². The number of amides is 1. The fourth-order valence-electron chi connectivity index (χ4n) is 2.83. The van der Waals surface area contributed by atoms with E-state index in [4.69, 9.17) is 0 Å². The Morgan fingerprint density at radius 2 is 1.76 bits per heavy atom. The molecule has 0 bridgehead atoms. The zero-order valence-electron chi connectivity index (χ0n) is 11.9. The molecule has 5 heteroatoms. The van der Waals surface area contributed by atoms with Gasteiger partial charge in [0.15, 0.2) is 0 Å². The molecule has 21 heavy (non-hydrogen) atoms. The molecule has 5 nitrogen and oxygen atoms in total. The molecule has 1 aromatic carbocycles. The number of aliphatic carboxylic acids is 1. The molecule has 114 valence electrons. The van der Waals surface area contributed by atoms with Crippen LogP contribution < -0.4 is 5.32 Å². The molecular formula is C16H21NO4. The maximum absolute atomic E-state index is 12.1. The molecule has 1 saturated carbocycles. The van der Waals surface area contributed by atoms with Gasteiger partial charge in [0.1, 0.15) is 5.75 Å². The van der Waals surface area contributed by atoms with E-state index in [0.717, 1.165) is 31.2 Å². The molecule has 0 heterocycles. The predicted octanol–water partition coefficient (Wildman–Crippen LogP) is 2.08. The maximum Gasteiger partial charge on any atom is 0.308 e. The van der Waals surface area contributed by atoms with E-state index in [1.807, 2.05) is 0 Å². The molecule has 2 atom stereocenters. The summed E-state index contributed by atoms with van der Waals surface area (Å²) in [5.74, 6) is -1.32. The Balaban J connectivity index is 1.96. The van der Waals surface area contributed by atoms with Crippen molar-refractivity contribution < 1.29 is 19.8 Å². The number of aromatic hydroxyl groups is 1. The van der Waals surface area contributed by atoms with E-state index in [1.54, 1.807) is 12.1 Å². The highest BCUT2D eigenvalue weighted by Crippen LogP contribution is 2.24. The molecule has 1 aliphatic rings. The van der Waals surface area contributed by atoms with E-state index in [0.29, 0.717) is 6.42 Å². The number of hydrogen-bond donors (Lipinski definition) is 3. The summed E-state index contributed by atoms with van der Waals surface area (Å²) in [6, 6.07) is 6.17. The predicted molar refractivity (Wildman–Crippen MR) is 78.0 cm³/mol. The molecule has 1 aliphatic carbocycles. The van der Waals surface area contributed by atoms with Crippen LogP contribution in [0, 0.1) is 5.92 Å². The first kappa shape index (κ1) is 15.4. The van der Waals surface area contributed by atoms with Gasteiger partial charge in [0, 0.05) is 6.04 Å². The lowest BCUT2D eigenvalue weighted by Crippen LogP contribution is -2.43. The molecule has 3 N–H and O–H groups in total. The number of carbonyl (C=O) groups is 2. The summed E-state index contributed by atoms with van der Waals surface area (Å²) in [5, 5.41) is 21.4. The first-order chi connectivity index (χ1) is 10.1. The van der Waals surface area contributed by atoms with Crippen molar-refractivity contribution in [2.24, 2.45) is 5.92 Å². The molecule has 0 saturated heterocycles. The van der Waals surface area contributed by atoms with Gasteiger partial charge in [-0.15, -0.1) is 0 Å². The number of hydrogen-bond acceptors (Lipinski definition) is 3. The Morgan fingerprint density at radius 1 is 1.10 bits per heavy atom. The second-order valence-electron chi connectivity index (χ2n) is 5.60. The second kappa shape index (κ2) is 7.11. The summed E-state index contributed by atoms with van der Waals surface area (Å²) < 4.78 is 0. The minimum atomic E-state index is -0.827. The Kier molecular flexibility index (Phi) is 5.20. The van der Waals surface area contributed by atoms with Crippen molar-refractivity contribution in [3.8, 4) is 5.75 Å². The smallest absolute Gasteiger partial charge is 0.308 e. The molecule has 0 unspecified atom stereocenters. The third-order valence-electron chi connectivity index (χ3n) is 3.98. The lowest BCUT2D eigenvalue weighted by Gasteiger charge is -2.22. The normalized spacial score (nSPS) is 22.3. The van der Waals surface area contributed by atoms with Crippen LogP contribution in [0.25, 0.3) is 0 Å². The topological polar surface area (TPSA) is 86.6 Å². The molecule has 0 spiro atoms. The highest BCUT2D eigenvalue weighted by Gasteiger charge is 2.30. The van der Waals surface area contributed by atoms with E-state index in [-0.39, 0.29) is 24.1 Å². The second-order valence-corrected chi connectivity index (χ2v) is 5.60. The third-order valence-corrected chi connectivity index (χ3v) is 3.98. The van der Waals surface area contributed by atoms with Gasteiger partial charge in [-0.3, -0.25) is 9.59 Å². The van der Waals surface area contributed by atoms with Gasteiger partial charge in [0.2, 0.25) is 5.91 Å². The van der Waals surface area contributed by atoms with Gasteiger partial charge in [-0.2, -0.15) is 0 Å². The number of carboxylic acid groups (broad SMARTS) is 1. The first-order valence-corrected chi connectivity index (χ1v) is 7.36. The van der Waals surface area contributed by atoms with Crippen LogP contribution in [0.4, 0.5) is 0 Å². The number of benzene rings is 1. The molecule has 2 rings (SSSR count). The average Bonchev–Trinajstić information content (AvgIpc) is 2.67. The first-order valence-electron chi connectivity index (χ1n) is 7.36. The van der Waals surface area contributed by atoms with Crippen LogP contribution in [-0.4, -0.2) is 28.1 Å². The van der Waals surface area contributed by atoms with Crippen LogP contribution in [0.15, 0.2) is 24.3 Å². The number of phenolic OH excluding ortho intramolecular Hbond substituents is 1. The van der Waals surface area contributed by atoms with Crippen LogP contribution >= 0.6 is 0 Å². The standard InChI is InChI=1S/C16H21NO4/c18-12-8-6-11(7-9-12)10-15(19)17-14-5-3-1-2-4-13(14)16(20)21/h6-9,13-14,18H,1-5,10H2,(H,17,19)(H,20,21)/t13-,14+/m1/s1. The monoisotopic (exact) mass is 291 g/mol. The summed E-state index contributed by atoms with van der Waals surface area (Å²) in [6.45, 7) is 0. The molecule has 1 fully saturated rings. The Hall–Kier alpha value is -2.04. The van der Waals surface area contributed by atoms with Crippen molar-refractivity contribution in [1.82, 2.24) is 5.32 Å². The summed E-state index contributed by atoms with van der Waals surface area (Å²) in [5.41, 5.74) is 0.797. The number of rotatable bonds is 4. The van der Waals surface area contributed by atoms with Crippen molar-refractivity contribution in [3.63, 3.8) is 0 Å². The highest BCUT2D eigenvalue weighted by atomic mass is 16.4. The lowest BCUT2D eigenvalue weighted by molar-refractivity contribution is -0.143. The molecular weight excluding hydrogens is 270 g/mol. The SMILES string of the molecule is O=C(Cc1ccc(O)cc1)N[C@H]1CCCCC[C@H]1C(=O)O. The third kappa shape index (κ3) is 4.48. The minimum Gasteiger partial charge on any atom is -0.508 e. The Bertz CT molecular complexity index is 498. The van der Waals surface area contributed by atoms with E-state index in [9.17, 15) is 19.8 Å². The minimum absolute atomic E-state index is 0.161. The van der Waals surface area contributed by atoms with Crippen molar-refractivity contribution >= 4 is 11.9 Å². The van der Waals surface area contributed by atoms with Gasteiger partial charge in [0.25, 0.3) is 0 Å². The van der Waals surface area contributed by atoms with Crippen LogP contribution in [-0.2, 0) is 16.0 Å². The van der Waals surface area contributed by atoms with E-state index in [1.165, 1.54) is 12.1 Å². The average molecular weight is 291 g/mol. The number of carboxylic acids is 1. The van der Waals surface area contributed by atoms with Crippen LogP contribution in [0.5, 0.6) is 5.75 Å². The number of carbonyl (C=O) groups excluding carboxylic acids is 1. The molecule has 0 aromatic heterocycles. The van der Waals surface area contributed by atoms with E-state index < -0.39 is 11.9 Å². The summed E-state index contributed by atoms with van der Waals surface area (Å²) in [6.07, 6.45) is 4.42. The van der Waals surface area contributed by atoms with Crippen molar-refractivity contribution in [1.29, 1.82) is 0 Å². The van der Waals surface area contributed by atoms with Gasteiger partial charge in [0.05, 0.1) is 12.3 Å². The summed E-state index contributed by atoms with van der Waals surface area (Å²) in [7, 11) is 0. The zero-order valence-corrected chi connectivity index (χ0v) is 11.9. The lowest BCUT2D eigenvalue weighted by atomic mass is 9.94. The van der Waals surface area contributed by atoms with Crippen molar-refractivity contribution in [2.45, 2.75) is 44.6 Å². The molecule has 1 aromatic rings. The van der Waals surface area contributed by atoms with E-state index in [2.05, 4.69) is 5.32 Å². The zero-order chi connectivity index (χ0) is 15.2. The molecule has 0 aliphatic heterocycles. The highest BCUT2D eigenvalue weighted by molar-refractivity contribution is 5.80. The largest absolute Gasteiger partial charge is 0.508 e. The van der Waals surface area contributed by atoms with Gasteiger partial charge in [-0.05, 0) is 30.5 Å². The summed E-state index contributed by atoms with van der Waals surface area (Å²) in [4.78, 5) is 23.4. The quantitative estimate of drug-likeness (QED) is 0.741.